The van der Waals surface area contributed by atoms with Gasteiger partial charge in [0.05, 0.1) is 0 Å². The van der Waals surface area contributed by atoms with Crippen molar-refractivity contribution >= 4 is 11.6 Å². The summed E-state index contributed by atoms with van der Waals surface area (Å²) < 4.78 is 13.0. The van der Waals surface area contributed by atoms with Crippen molar-refractivity contribution < 1.29 is 9.18 Å². The van der Waals surface area contributed by atoms with Crippen LogP contribution in [0.25, 0.3) is 0 Å². The van der Waals surface area contributed by atoms with Crippen molar-refractivity contribution in [1.82, 2.24) is 4.98 Å². The fraction of sp³-hybridized carbons (Fsp3) is 0.143. The van der Waals surface area contributed by atoms with E-state index in [0.717, 1.165) is 17.7 Å². The van der Waals surface area contributed by atoms with Gasteiger partial charge in [-0.25, -0.2) is 4.98 Å². The Morgan fingerprint density at radius 2 is 2.00 bits per heavy atom. The molecule has 0 fully saturated rings. The lowest BCUT2D eigenvalue weighted by Gasteiger charge is -2.16. The molecule has 1 aromatic carbocycles. The van der Waals surface area contributed by atoms with Crippen LogP contribution in [0.2, 0.25) is 0 Å². The van der Waals surface area contributed by atoms with Crippen molar-refractivity contribution in [2.45, 2.75) is 6.42 Å². The summed E-state index contributed by atoms with van der Waals surface area (Å²) in [5.41, 5.74) is 2.18. The monoisotopic (exact) mass is 242 g/mol. The Morgan fingerprint density at radius 3 is 2.83 bits per heavy atom. The van der Waals surface area contributed by atoms with Gasteiger partial charge in [0.2, 0.25) is 5.95 Å². The quantitative estimate of drug-likeness (QED) is 0.719. The van der Waals surface area contributed by atoms with Gasteiger partial charge in [-0.2, -0.15) is 4.39 Å². The van der Waals surface area contributed by atoms with E-state index in [4.69, 9.17) is 0 Å². The molecule has 0 saturated heterocycles. The molecule has 2 heterocycles. The first-order valence-electron chi connectivity index (χ1n) is 5.78. The molecule has 18 heavy (non-hydrogen) atoms. The lowest BCUT2D eigenvalue weighted by atomic mass is 10.2. The summed E-state index contributed by atoms with van der Waals surface area (Å²) in [6, 6.07) is 12.0. The highest BCUT2D eigenvalue weighted by Crippen LogP contribution is 2.28. The third-order valence-electron chi connectivity index (χ3n) is 3.07. The van der Waals surface area contributed by atoms with Crippen molar-refractivity contribution in [2.24, 2.45) is 0 Å². The first-order valence-corrected chi connectivity index (χ1v) is 5.78. The third kappa shape index (κ3) is 1.76. The summed E-state index contributed by atoms with van der Waals surface area (Å²) in [5.74, 6) is -0.882. The maximum Gasteiger partial charge on any atom is 0.276 e. The van der Waals surface area contributed by atoms with Gasteiger partial charge in [-0.15, -0.1) is 0 Å². The van der Waals surface area contributed by atoms with E-state index in [1.165, 1.54) is 18.2 Å². The predicted molar refractivity (Wildman–Crippen MR) is 66.0 cm³/mol. The predicted octanol–water partition coefficient (Wildman–Crippen LogP) is 2.42. The first kappa shape index (κ1) is 10.9. The summed E-state index contributed by atoms with van der Waals surface area (Å²) in [6.07, 6.45) is 0.831. The Balaban J connectivity index is 1.96. The van der Waals surface area contributed by atoms with E-state index < -0.39 is 5.95 Å². The third-order valence-corrected chi connectivity index (χ3v) is 3.07. The van der Waals surface area contributed by atoms with E-state index in [-0.39, 0.29) is 11.6 Å². The number of para-hydroxylation sites is 1. The molecular weight excluding hydrogens is 231 g/mol. The molecule has 3 nitrogen and oxygen atoms in total. The van der Waals surface area contributed by atoms with Gasteiger partial charge in [0, 0.05) is 12.2 Å². The average Bonchev–Trinajstić information content (AvgIpc) is 2.82. The Bertz CT molecular complexity index is 612. The van der Waals surface area contributed by atoms with Gasteiger partial charge in [0.25, 0.3) is 5.91 Å². The molecule has 0 aliphatic carbocycles. The highest BCUT2D eigenvalue weighted by Gasteiger charge is 2.25. The number of aromatic nitrogens is 1. The number of hydrogen-bond acceptors (Lipinski definition) is 2. The molecule has 3 rings (SSSR count). The van der Waals surface area contributed by atoms with Crippen LogP contribution in [0.1, 0.15) is 16.1 Å². The molecule has 0 N–H and O–H groups in total. The van der Waals surface area contributed by atoms with E-state index in [2.05, 4.69) is 4.98 Å². The molecule has 0 radical (unpaired) electrons. The zero-order chi connectivity index (χ0) is 12.5. The number of rotatable bonds is 1. The summed E-state index contributed by atoms with van der Waals surface area (Å²) in [7, 11) is 0. The highest BCUT2D eigenvalue weighted by molar-refractivity contribution is 6.05. The number of fused-ring (bicyclic) bond motifs is 1. The van der Waals surface area contributed by atoms with Crippen LogP contribution in [-0.4, -0.2) is 17.4 Å². The second-order valence-corrected chi connectivity index (χ2v) is 4.18. The fourth-order valence-electron chi connectivity index (χ4n) is 2.21. The summed E-state index contributed by atoms with van der Waals surface area (Å²) in [5, 5.41) is 0. The Kier molecular flexibility index (Phi) is 2.55. The maximum absolute atomic E-state index is 13.0. The molecule has 1 aliphatic rings. The molecular formula is C14H11FN2O. The van der Waals surface area contributed by atoms with Crippen LogP contribution in [0.3, 0.4) is 0 Å². The average molecular weight is 242 g/mol. The van der Waals surface area contributed by atoms with E-state index in [1.807, 2.05) is 24.3 Å². The molecule has 2 aromatic rings. The van der Waals surface area contributed by atoms with E-state index in [9.17, 15) is 9.18 Å². The number of amides is 1. The number of hydrogen-bond donors (Lipinski definition) is 0. The highest BCUT2D eigenvalue weighted by atomic mass is 19.1. The van der Waals surface area contributed by atoms with Crippen LogP contribution in [0, 0.1) is 5.95 Å². The van der Waals surface area contributed by atoms with Gasteiger partial charge in [-0.1, -0.05) is 24.3 Å². The molecule has 4 heteroatoms. The van der Waals surface area contributed by atoms with Gasteiger partial charge < -0.3 is 4.90 Å². The van der Waals surface area contributed by atoms with E-state index in [1.54, 1.807) is 4.90 Å². The van der Waals surface area contributed by atoms with Crippen LogP contribution >= 0.6 is 0 Å². The van der Waals surface area contributed by atoms with Gasteiger partial charge in [0.1, 0.15) is 5.69 Å². The number of carbonyl (C=O) groups excluding carboxylic acids is 1. The van der Waals surface area contributed by atoms with Crippen LogP contribution in [-0.2, 0) is 6.42 Å². The SMILES string of the molecule is O=C(c1cccc(F)n1)N1CCc2ccccc21. The van der Waals surface area contributed by atoms with Gasteiger partial charge in [-0.05, 0) is 30.2 Å². The first-order chi connectivity index (χ1) is 8.75. The molecule has 0 atom stereocenters. The molecule has 1 aliphatic heterocycles. The van der Waals surface area contributed by atoms with Crippen molar-refractivity contribution in [2.75, 3.05) is 11.4 Å². The number of pyridine rings is 1. The normalized spacial score (nSPS) is 13.5. The Morgan fingerprint density at radius 1 is 1.17 bits per heavy atom. The van der Waals surface area contributed by atoms with Crippen LogP contribution in [0.15, 0.2) is 42.5 Å². The molecule has 90 valence electrons. The maximum atomic E-state index is 13.0. The standard InChI is InChI=1S/C14H11FN2O/c15-13-7-3-5-11(16-13)14(18)17-9-8-10-4-1-2-6-12(10)17/h1-7H,8-9H2. The molecule has 0 saturated carbocycles. The number of halogens is 1. The van der Waals surface area contributed by atoms with E-state index >= 15 is 0 Å². The molecule has 0 spiro atoms. The largest absolute Gasteiger partial charge is 0.306 e. The van der Waals surface area contributed by atoms with Crippen LogP contribution < -0.4 is 4.90 Å². The molecule has 0 unspecified atom stereocenters. The van der Waals surface area contributed by atoms with Crippen molar-refractivity contribution in [3.63, 3.8) is 0 Å². The minimum Gasteiger partial charge on any atom is -0.306 e. The number of nitrogens with zero attached hydrogens (tertiary/aromatic N) is 2. The molecule has 1 amide bonds. The molecule has 0 bridgehead atoms. The minimum absolute atomic E-state index is 0.145. The fourth-order valence-corrected chi connectivity index (χ4v) is 2.21. The lowest BCUT2D eigenvalue weighted by molar-refractivity contribution is 0.0983. The smallest absolute Gasteiger partial charge is 0.276 e. The zero-order valence-electron chi connectivity index (χ0n) is 9.64. The second kappa shape index (κ2) is 4.22. The van der Waals surface area contributed by atoms with Gasteiger partial charge >= 0.3 is 0 Å². The van der Waals surface area contributed by atoms with Crippen molar-refractivity contribution in [1.29, 1.82) is 0 Å². The Labute approximate surface area is 104 Å². The summed E-state index contributed by atoms with van der Waals surface area (Å²) in [4.78, 5) is 17.5. The number of benzene rings is 1. The minimum atomic E-state index is -0.631. The molecule has 1 aromatic heterocycles. The Hall–Kier alpha value is -2.23. The summed E-state index contributed by atoms with van der Waals surface area (Å²) >= 11 is 0. The topological polar surface area (TPSA) is 33.2 Å². The number of carbonyl (C=O) groups is 1. The van der Waals surface area contributed by atoms with Gasteiger partial charge in [0.15, 0.2) is 0 Å². The second-order valence-electron chi connectivity index (χ2n) is 4.18. The van der Waals surface area contributed by atoms with Crippen LogP contribution in [0.5, 0.6) is 0 Å². The number of anilines is 1. The zero-order valence-corrected chi connectivity index (χ0v) is 9.64. The van der Waals surface area contributed by atoms with Crippen molar-refractivity contribution in [3.05, 3.63) is 59.7 Å². The van der Waals surface area contributed by atoms with Gasteiger partial charge in [-0.3, -0.25) is 4.79 Å². The van der Waals surface area contributed by atoms with E-state index in [0.29, 0.717) is 6.54 Å². The lowest BCUT2D eigenvalue weighted by Crippen LogP contribution is -2.29. The van der Waals surface area contributed by atoms with Crippen LogP contribution in [0.4, 0.5) is 10.1 Å². The summed E-state index contributed by atoms with van der Waals surface area (Å²) in [6.45, 7) is 0.621. The van der Waals surface area contributed by atoms with Crippen molar-refractivity contribution in [3.8, 4) is 0 Å².